The van der Waals surface area contributed by atoms with E-state index in [9.17, 15) is 10.1 Å². The van der Waals surface area contributed by atoms with Gasteiger partial charge in [0.2, 0.25) is 0 Å². The number of nitrogens with two attached hydrogens (primary N) is 1. The Morgan fingerprint density at radius 1 is 1.15 bits per heavy atom. The number of non-ortho nitro benzene ring substituents is 1. The molecule has 0 amide bonds. The maximum absolute atomic E-state index is 11.0. The standard InChI is InChI=1S/C17H12BrN7O2/c18-11-6-4-10(5-7-11)14-9-15(21-20-14)16-17(19)24(23-22-16)12-2-1-3-13(8-12)25(26)27/h1-9H,19H2,(H,20,21). The number of benzene rings is 2. The molecule has 2 aromatic heterocycles. The third-order valence-corrected chi connectivity index (χ3v) is 4.49. The number of hydrogen-bond donors (Lipinski definition) is 2. The highest BCUT2D eigenvalue weighted by Crippen LogP contribution is 2.28. The first-order valence-corrected chi connectivity index (χ1v) is 8.60. The number of rotatable bonds is 4. The molecule has 0 atom stereocenters. The molecule has 2 heterocycles. The number of nitrogen functional groups attached to an aromatic ring is 1. The summed E-state index contributed by atoms with van der Waals surface area (Å²) in [4.78, 5) is 10.5. The van der Waals surface area contributed by atoms with Gasteiger partial charge in [0.25, 0.3) is 5.69 Å². The lowest BCUT2D eigenvalue weighted by atomic mass is 10.1. The summed E-state index contributed by atoms with van der Waals surface area (Å²) in [5.41, 5.74) is 9.26. The molecule has 9 nitrogen and oxygen atoms in total. The molecule has 4 rings (SSSR count). The lowest BCUT2D eigenvalue weighted by Crippen LogP contribution is -2.03. The topological polar surface area (TPSA) is 129 Å². The van der Waals surface area contributed by atoms with Gasteiger partial charge in [0.1, 0.15) is 0 Å². The quantitative estimate of drug-likeness (QED) is 0.379. The van der Waals surface area contributed by atoms with Gasteiger partial charge in [0.05, 0.1) is 22.0 Å². The van der Waals surface area contributed by atoms with Crippen LogP contribution in [0.4, 0.5) is 11.5 Å². The number of nitro groups is 1. The van der Waals surface area contributed by atoms with Gasteiger partial charge >= 0.3 is 0 Å². The van der Waals surface area contributed by atoms with Gasteiger partial charge in [-0.25, -0.2) is 0 Å². The Balaban J connectivity index is 1.70. The summed E-state index contributed by atoms with van der Waals surface area (Å²) in [6.45, 7) is 0. The number of aromatic nitrogens is 5. The maximum Gasteiger partial charge on any atom is 0.271 e. The minimum atomic E-state index is -0.475. The molecule has 0 aliphatic heterocycles. The van der Waals surface area contributed by atoms with Crippen LogP contribution in [0.5, 0.6) is 0 Å². The van der Waals surface area contributed by atoms with Crippen molar-refractivity contribution in [2.45, 2.75) is 0 Å². The molecule has 0 radical (unpaired) electrons. The summed E-state index contributed by atoms with van der Waals surface area (Å²) in [7, 11) is 0. The first-order valence-electron chi connectivity index (χ1n) is 7.80. The first kappa shape index (κ1) is 16.9. The summed E-state index contributed by atoms with van der Waals surface area (Å²) < 4.78 is 2.33. The molecule has 0 aliphatic carbocycles. The second-order valence-corrected chi connectivity index (χ2v) is 6.60. The number of nitro benzene ring substituents is 1. The molecular formula is C17H12BrN7O2. The second kappa shape index (κ2) is 6.65. The average molecular weight is 426 g/mol. The normalized spacial score (nSPS) is 10.9. The van der Waals surface area contributed by atoms with Crippen LogP contribution in [0, 0.1) is 10.1 Å². The maximum atomic E-state index is 11.0. The van der Waals surface area contributed by atoms with Crippen LogP contribution < -0.4 is 5.73 Å². The van der Waals surface area contributed by atoms with Crippen molar-refractivity contribution in [3.63, 3.8) is 0 Å². The number of halogens is 1. The molecule has 0 fully saturated rings. The molecule has 0 saturated heterocycles. The molecule has 0 aliphatic rings. The number of H-pyrrole nitrogens is 1. The Morgan fingerprint density at radius 2 is 1.93 bits per heavy atom. The Labute approximate surface area is 161 Å². The third-order valence-electron chi connectivity index (χ3n) is 3.96. The number of aromatic amines is 1. The molecule has 2 aromatic carbocycles. The molecular weight excluding hydrogens is 414 g/mol. The average Bonchev–Trinajstić information content (AvgIpc) is 3.29. The molecule has 134 valence electrons. The third kappa shape index (κ3) is 3.17. The molecule has 0 spiro atoms. The van der Waals surface area contributed by atoms with Crippen LogP contribution in [-0.4, -0.2) is 30.1 Å². The van der Waals surface area contributed by atoms with Gasteiger partial charge in [0.15, 0.2) is 11.5 Å². The largest absolute Gasteiger partial charge is 0.382 e. The van der Waals surface area contributed by atoms with Crippen LogP contribution in [-0.2, 0) is 0 Å². The predicted molar refractivity (Wildman–Crippen MR) is 103 cm³/mol. The van der Waals surface area contributed by atoms with E-state index in [1.807, 2.05) is 30.3 Å². The van der Waals surface area contributed by atoms with Gasteiger partial charge in [-0.05, 0) is 24.3 Å². The minimum Gasteiger partial charge on any atom is -0.382 e. The first-order chi connectivity index (χ1) is 13.0. The Morgan fingerprint density at radius 3 is 2.67 bits per heavy atom. The summed E-state index contributed by atoms with van der Waals surface area (Å²) >= 11 is 3.40. The molecule has 27 heavy (non-hydrogen) atoms. The van der Waals surface area contributed by atoms with Crippen molar-refractivity contribution in [3.8, 4) is 28.3 Å². The van der Waals surface area contributed by atoms with E-state index in [4.69, 9.17) is 5.73 Å². The van der Waals surface area contributed by atoms with Crippen LogP contribution >= 0.6 is 15.9 Å². The van der Waals surface area contributed by atoms with Crippen LogP contribution in [0.25, 0.3) is 28.3 Å². The molecule has 10 heteroatoms. The van der Waals surface area contributed by atoms with E-state index in [0.717, 1.165) is 15.7 Å². The van der Waals surface area contributed by atoms with Crippen molar-refractivity contribution < 1.29 is 4.92 Å². The smallest absolute Gasteiger partial charge is 0.271 e. The summed E-state index contributed by atoms with van der Waals surface area (Å²) in [6.07, 6.45) is 0. The summed E-state index contributed by atoms with van der Waals surface area (Å²) in [5.74, 6) is 0.251. The minimum absolute atomic E-state index is 0.0528. The molecule has 0 saturated carbocycles. The lowest BCUT2D eigenvalue weighted by molar-refractivity contribution is -0.384. The van der Waals surface area contributed by atoms with E-state index in [-0.39, 0.29) is 11.5 Å². The van der Waals surface area contributed by atoms with Crippen molar-refractivity contribution in [2.24, 2.45) is 0 Å². The molecule has 0 bridgehead atoms. The van der Waals surface area contributed by atoms with E-state index in [2.05, 4.69) is 36.4 Å². The van der Waals surface area contributed by atoms with Crippen molar-refractivity contribution in [3.05, 3.63) is 69.2 Å². The van der Waals surface area contributed by atoms with Crippen LogP contribution in [0.3, 0.4) is 0 Å². The van der Waals surface area contributed by atoms with Crippen molar-refractivity contribution >= 4 is 27.4 Å². The highest BCUT2D eigenvalue weighted by Gasteiger charge is 2.17. The predicted octanol–water partition coefficient (Wildman–Crippen LogP) is 3.58. The highest BCUT2D eigenvalue weighted by molar-refractivity contribution is 9.10. The van der Waals surface area contributed by atoms with Gasteiger partial charge in [-0.2, -0.15) is 9.78 Å². The van der Waals surface area contributed by atoms with E-state index < -0.39 is 4.92 Å². The Kier molecular flexibility index (Phi) is 4.16. The Hall–Kier alpha value is -3.53. The van der Waals surface area contributed by atoms with Gasteiger partial charge in [-0.1, -0.05) is 39.3 Å². The van der Waals surface area contributed by atoms with E-state index >= 15 is 0 Å². The Bertz CT molecular complexity index is 1130. The number of anilines is 1. The second-order valence-electron chi connectivity index (χ2n) is 5.69. The lowest BCUT2D eigenvalue weighted by Gasteiger charge is -2.02. The van der Waals surface area contributed by atoms with Crippen molar-refractivity contribution in [1.82, 2.24) is 25.2 Å². The summed E-state index contributed by atoms with van der Waals surface area (Å²) in [5, 5.41) is 26.3. The van der Waals surface area contributed by atoms with Crippen molar-refractivity contribution in [2.75, 3.05) is 5.73 Å². The zero-order valence-corrected chi connectivity index (χ0v) is 15.3. The van der Waals surface area contributed by atoms with Gasteiger partial charge in [0, 0.05) is 22.2 Å². The zero-order chi connectivity index (χ0) is 19.0. The fourth-order valence-corrected chi connectivity index (χ4v) is 2.89. The zero-order valence-electron chi connectivity index (χ0n) is 13.7. The number of nitrogens with one attached hydrogen (secondary N) is 1. The summed E-state index contributed by atoms with van der Waals surface area (Å²) in [6, 6.07) is 15.6. The monoisotopic (exact) mass is 425 g/mol. The van der Waals surface area contributed by atoms with Gasteiger partial charge in [-0.15, -0.1) is 5.10 Å². The van der Waals surface area contributed by atoms with E-state index in [0.29, 0.717) is 17.1 Å². The van der Waals surface area contributed by atoms with Crippen LogP contribution in [0.2, 0.25) is 0 Å². The fourth-order valence-electron chi connectivity index (χ4n) is 2.62. The van der Waals surface area contributed by atoms with E-state index in [1.54, 1.807) is 12.1 Å². The number of nitrogens with zero attached hydrogens (tertiary/aromatic N) is 5. The molecule has 0 unspecified atom stereocenters. The molecule has 3 N–H and O–H groups in total. The SMILES string of the molecule is Nc1c(-c2cc(-c3ccc(Br)cc3)n[nH]2)nnn1-c1cccc([N+](=O)[O-])c1. The highest BCUT2D eigenvalue weighted by atomic mass is 79.9. The fraction of sp³-hybridized carbons (Fsp3) is 0. The van der Waals surface area contributed by atoms with Crippen molar-refractivity contribution in [1.29, 1.82) is 0 Å². The molecule has 4 aromatic rings. The van der Waals surface area contributed by atoms with Gasteiger partial charge < -0.3 is 5.73 Å². The van der Waals surface area contributed by atoms with Crippen LogP contribution in [0.15, 0.2) is 59.1 Å². The van der Waals surface area contributed by atoms with Gasteiger partial charge in [-0.3, -0.25) is 15.2 Å². The van der Waals surface area contributed by atoms with Crippen LogP contribution in [0.1, 0.15) is 0 Å². The number of hydrogen-bond acceptors (Lipinski definition) is 6. The van der Waals surface area contributed by atoms with E-state index in [1.165, 1.54) is 16.8 Å².